The molecule has 0 aromatic rings. The first-order valence-corrected chi connectivity index (χ1v) is 6.71. The first kappa shape index (κ1) is 13.9. The van der Waals surface area contributed by atoms with Crippen molar-refractivity contribution in [1.29, 1.82) is 0 Å². The molecule has 1 heterocycles. The number of likely N-dealkylation sites (N-methyl/N-ethyl adjacent to an activating group) is 1. The molecule has 0 radical (unpaired) electrons. The quantitative estimate of drug-likeness (QED) is 0.709. The van der Waals surface area contributed by atoms with Gasteiger partial charge in [0.2, 0.25) is 0 Å². The highest BCUT2D eigenvalue weighted by atomic mass is 16.4. The van der Waals surface area contributed by atoms with E-state index in [0.717, 1.165) is 32.6 Å². The monoisotopic (exact) mass is 267 g/mol. The van der Waals surface area contributed by atoms with Gasteiger partial charge in [0.15, 0.2) is 0 Å². The summed E-state index contributed by atoms with van der Waals surface area (Å²) in [6, 6.07) is -0.245. The van der Waals surface area contributed by atoms with Crippen LogP contribution >= 0.6 is 0 Å². The second kappa shape index (κ2) is 6.06. The predicted octanol–water partition coefficient (Wildman–Crippen LogP) is 0.363. The van der Waals surface area contributed by atoms with E-state index in [4.69, 9.17) is 5.11 Å². The average molecular weight is 267 g/mol. The van der Waals surface area contributed by atoms with Gasteiger partial charge in [0.1, 0.15) is 0 Å². The van der Waals surface area contributed by atoms with Crippen LogP contribution < -0.4 is 5.32 Å². The molecular weight excluding hydrogens is 246 g/mol. The van der Waals surface area contributed by atoms with E-state index in [2.05, 4.69) is 17.3 Å². The number of aliphatic carboxylic acids is 1. The number of carbonyl (C=O) groups excluding carboxylic acids is 1. The minimum atomic E-state index is -0.829. The summed E-state index contributed by atoms with van der Waals surface area (Å²) in [6.45, 7) is 3.37. The lowest BCUT2D eigenvalue weighted by molar-refractivity contribution is -0.140. The summed E-state index contributed by atoms with van der Waals surface area (Å²) in [7, 11) is 2.05. The van der Waals surface area contributed by atoms with Crippen LogP contribution in [0.15, 0.2) is 12.2 Å². The topological polar surface area (TPSA) is 72.9 Å². The standard InChI is InChI=1S/C13H21N3O3/c1-15-5-2-6-16(8-7-15)13(19)14-11-4-3-10(9-11)12(17)18/h3-4,10-11H,2,5-9H2,1H3,(H,14,19)(H,17,18). The fourth-order valence-corrected chi connectivity index (χ4v) is 2.49. The molecule has 2 aliphatic rings. The molecule has 0 aromatic heterocycles. The van der Waals surface area contributed by atoms with Gasteiger partial charge in [-0.05, 0) is 26.4 Å². The van der Waals surface area contributed by atoms with Gasteiger partial charge in [0.05, 0.1) is 12.0 Å². The minimum absolute atomic E-state index is 0.0870. The van der Waals surface area contributed by atoms with Gasteiger partial charge in [-0.25, -0.2) is 4.79 Å². The number of hydrogen-bond acceptors (Lipinski definition) is 3. The molecule has 2 rings (SSSR count). The Labute approximate surface area is 113 Å². The summed E-state index contributed by atoms with van der Waals surface area (Å²) in [5.74, 6) is -1.30. The number of nitrogens with one attached hydrogen (secondary N) is 1. The van der Waals surface area contributed by atoms with E-state index >= 15 is 0 Å². The zero-order valence-electron chi connectivity index (χ0n) is 11.2. The van der Waals surface area contributed by atoms with Crippen molar-refractivity contribution in [2.45, 2.75) is 18.9 Å². The molecule has 0 bridgehead atoms. The molecule has 1 saturated heterocycles. The maximum absolute atomic E-state index is 12.1. The lowest BCUT2D eigenvalue weighted by atomic mass is 10.1. The Balaban J connectivity index is 1.81. The van der Waals surface area contributed by atoms with Crippen LogP contribution in [0.5, 0.6) is 0 Å². The molecule has 1 aliphatic heterocycles. The van der Waals surface area contributed by atoms with Crippen molar-refractivity contribution in [3.05, 3.63) is 12.2 Å². The fourth-order valence-electron chi connectivity index (χ4n) is 2.49. The molecule has 106 valence electrons. The summed E-state index contributed by atoms with van der Waals surface area (Å²) < 4.78 is 0. The zero-order chi connectivity index (χ0) is 13.8. The van der Waals surface area contributed by atoms with Gasteiger partial charge < -0.3 is 20.2 Å². The fraction of sp³-hybridized carbons (Fsp3) is 0.692. The number of carbonyl (C=O) groups is 2. The summed E-state index contributed by atoms with van der Waals surface area (Å²) >= 11 is 0. The molecule has 2 amide bonds. The van der Waals surface area contributed by atoms with Crippen molar-refractivity contribution in [3.8, 4) is 0 Å². The second-order valence-electron chi connectivity index (χ2n) is 5.27. The van der Waals surface area contributed by atoms with Gasteiger partial charge in [-0.3, -0.25) is 4.79 Å². The second-order valence-corrected chi connectivity index (χ2v) is 5.27. The van der Waals surface area contributed by atoms with E-state index in [1.54, 1.807) is 12.2 Å². The number of carboxylic acids is 1. The molecule has 0 spiro atoms. The van der Waals surface area contributed by atoms with E-state index in [9.17, 15) is 9.59 Å². The molecule has 19 heavy (non-hydrogen) atoms. The summed E-state index contributed by atoms with van der Waals surface area (Å²) in [5.41, 5.74) is 0. The third kappa shape index (κ3) is 3.70. The maximum Gasteiger partial charge on any atom is 0.317 e. The highest BCUT2D eigenvalue weighted by Gasteiger charge is 2.27. The normalized spacial score (nSPS) is 28.2. The van der Waals surface area contributed by atoms with E-state index in [1.165, 1.54) is 0 Å². The first-order chi connectivity index (χ1) is 9.06. The Morgan fingerprint density at radius 2 is 2.00 bits per heavy atom. The van der Waals surface area contributed by atoms with Gasteiger partial charge in [-0.1, -0.05) is 12.2 Å². The lowest BCUT2D eigenvalue weighted by Gasteiger charge is -2.23. The molecule has 2 unspecified atom stereocenters. The van der Waals surface area contributed by atoms with Gasteiger partial charge >= 0.3 is 12.0 Å². The number of nitrogens with zero attached hydrogens (tertiary/aromatic N) is 2. The highest BCUT2D eigenvalue weighted by Crippen LogP contribution is 2.18. The van der Waals surface area contributed by atoms with Gasteiger partial charge in [0, 0.05) is 19.6 Å². The smallest absolute Gasteiger partial charge is 0.317 e. The Morgan fingerprint density at radius 1 is 1.21 bits per heavy atom. The van der Waals surface area contributed by atoms with Crippen LogP contribution in [-0.4, -0.2) is 66.2 Å². The van der Waals surface area contributed by atoms with Crippen molar-refractivity contribution in [3.63, 3.8) is 0 Å². The van der Waals surface area contributed by atoms with Gasteiger partial charge in [0.25, 0.3) is 0 Å². The molecule has 2 atom stereocenters. The largest absolute Gasteiger partial charge is 0.481 e. The van der Waals surface area contributed by atoms with E-state index in [0.29, 0.717) is 6.42 Å². The van der Waals surface area contributed by atoms with Crippen LogP contribution in [0, 0.1) is 5.92 Å². The van der Waals surface area contributed by atoms with Crippen molar-refractivity contribution in [1.82, 2.24) is 15.1 Å². The van der Waals surface area contributed by atoms with Crippen LogP contribution in [0.3, 0.4) is 0 Å². The van der Waals surface area contributed by atoms with Crippen LogP contribution in [-0.2, 0) is 4.79 Å². The molecule has 0 saturated carbocycles. The Kier molecular flexibility index (Phi) is 4.42. The summed E-state index contributed by atoms with van der Waals surface area (Å²) in [6.07, 6.45) is 4.86. The molecule has 0 aromatic carbocycles. The van der Waals surface area contributed by atoms with Crippen molar-refractivity contribution >= 4 is 12.0 Å². The lowest BCUT2D eigenvalue weighted by Crippen LogP contribution is -2.45. The zero-order valence-corrected chi connectivity index (χ0v) is 11.2. The molecule has 1 fully saturated rings. The van der Waals surface area contributed by atoms with Crippen molar-refractivity contribution in [2.75, 3.05) is 33.2 Å². The number of amides is 2. The minimum Gasteiger partial charge on any atom is -0.481 e. The third-order valence-corrected chi connectivity index (χ3v) is 3.72. The van der Waals surface area contributed by atoms with Crippen LogP contribution in [0.2, 0.25) is 0 Å². The molecule has 6 nitrogen and oxygen atoms in total. The van der Waals surface area contributed by atoms with Crippen molar-refractivity contribution < 1.29 is 14.7 Å². The molecule has 1 aliphatic carbocycles. The van der Waals surface area contributed by atoms with E-state index < -0.39 is 11.9 Å². The first-order valence-electron chi connectivity index (χ1n) is 6.71. The van der Waals surface area contributed by atoms with Crippen LogP contribution in [0.4, 0.5) is 4.79 Å². The van der Waals surface area contributed by atoms with Crippen molar-refractivity contribution in [2.24, 2.45) is 5.92 Å². The Bertz CT molecular complexity index is 383. The van der Waals surface area contributed by atoms with Gasteiger partial charge in [-0.15, -0.1) is 0 Å². The van der Waals surface area contributed by atoms with Gasteiger partial charge in [-0.2, -0.15) is 0 Å². The number of urea groups is 1. The van der Waals surface area contributed by atoms with Crippen LogP contribution in [0.1, 0.15) is 12.8 Å². The van der Waals surface area contributed by atoms with E-state index in [1.807, 2.05) is 4.90 Å². The third-order valence-electron chi connectivity index (χ3n) is 3.72. The molecule has 2 N–H and O–H groups in total. The average Bonchev–Trinajstić information content (AvgIpc) is 2.71. The Morgan fingerprint density at radius 3 is 2.68 bits per heavy atom. The molecular formula is C13H21N3O3. The maximum atomic E-state index is 12.1. The van der Waals surface area contributed by atoms with Crippen LogP contribution in [0.25, 0.3) is 0 Å². The predicted molar refractivity (Wildman–Crippen MR) is 70.9 cm³/mol. The van der Waals surface area contributed by atoms with E-state index in [-0.39, 0.29) is 12.1 Å². The SMILES string of the molecule is CN1CCCN(C(=O)NC2C=CC(C(=O)O)C2)CC1. The summed E-state index contributed by atoms with van der Waals surface area (Å²) in [4.78, 5) is 27.0. The highest BCUT2D eigenvalue weighted by molar-refractivity contribution is 5.76. The Hall–Kier alpha value is -1.56. The number of hydrogen-bond donors (Lipinski definition) is 2. The summed E-state index contributed by atoms with van der Waals surface area (Å²) in [5, 5.41) is 11.8. The number of rotatable bonds is 2. The molecule has 6 heteroatoms. The number of carboxylic acid groups (broad SMARTS) is 1.